The normalized spacial score (nSPS) is 14.0. The number of piperazine rings is 1. The molecular weight excluding hydrogens is 370 g/mol. The third-order valence-electron chi connectivity index (χ3n) is 4.85. The van der Waals surface area contributed by atoms with Gasteiger partial charge in [0.1, 0.15) is 5.82 Å². The Morgan fingerprint density at radius 2 is 2.03 bits per heavy atom. The van der Waals surface area contributed by atoms with Gasteiger partial charge in [-0.2, -0.15) is 5.10 Å². The van der Waals surface area contributed by atoms with Crippen molar-refractivity contribution in [3.8, 4) is 5.69 Å². The molecule has 3 aromatic heterocycles. The molecule has 1 amide bonds. The Morgan fingerprint density at radius 3 is 2.79 bits per heavy atom. The van der Waals surface area contributed by atoms with Gasteiger partial charge in [-0.3, -0.25) is 18.8 Å². The number of amides is 1. The van der Waals surface area contributed by atoms with Gasteiger partial charge in [-0.15, -0.1) is 0 Å². The lowest BCUT2D eigenvalue weighted by Crippen LogP contribution is -2.43. The van der Waals surface area contributed by atoms with Crippen molar-refractivity contribution in [2.24, 2.45) is 7.05 Å². The van der Waals surface area contributed by atoms with Gasteiger partial charge < -0.3 is 15.5 Å². The second kappa shape index (κ2) is 8.27. The highest BCUT2D eigenvalue weighted by Gasteiger charge is 2.13. The van der Waals surface area contributed by atoms with E-state index in [0.717, 1.165) is 37.6 Å². The summed E-state index contributed by atoms with van der Waals surface area (Å²) in [6.45, 7) is 4.09. The number of nitrogens with one attached hydrogen (secondary N) is 2. The Balaban J connectivity index is 1.46. The van der Waals surface area contributed by atoms with Crippen molar-refractivity contribution < 1.29 is 4.79 Å². The summed E-state index contributed by atoms with van der Waals surface area (Å²) in [6, 6.07) is 6.81. The van der Waals surface area contributed by atoms with E-state index in [1.54, 1.807) is 30.3 Å². The molecule has 1 aliphatic heterocycles. The molecule has 0 bridgehead atoms. The summed E-state index contributed by atoms with van der Waals surface area (Å²) in [4.78, 5) is 31.4. The molecule has 150 valence electrons. The number of hydrogen-bond donors (Lipinski definition) is 2. The number of pyridine rings is 2. The Bertz CT molecular complexity index is 1070. The molecule has 4 rings (SSSR count). The molecule has 0 atom stereocenters. The molecule has 0 spiro atoms. The molecular formula is C20H23N7O2. The maximum atomic E-state index is 12.6. The van der Waals surface area contributed by atoms with Gasteiger partial charge in [0.2, 0.25) is 0 Å². The SMILES string of the molecule is Cn1cc(-n2cc(C(=O)NCc3ccnc(N4CCNCC4)c3)ccc2=O)cn1. The summed E-state index contributed by atoms with van der Waals surface area (Å²) < 4.78 is 3.02. The zero-order valence-corrected chi connectivity index (χ0v) is 16.2. The van der Waals surface area contributed by atoms with E-state index in [1.165, 1.54) is 22.9 Å². The van der Waals surface area contributed by atoms with E-state index in [1.807, 2.05) is 12.1 Å². The first kappa shape index (κ1) is 18.9. The number of carbonyl (C=O) groups excluding carboxylic acids is 1. The molecule has 2 N–H and O–H groups in total. The van der Waals surface area contributed by atoms with Gasteiger partial charge in [0.25, 0.3) is 11.5 Å². The van der Waals surface area contributed by atoms with Crippen LogP contribution in [0.1, 0.15) is 15.9 Å². The molecule has 1 fully saturated rings. The van der Waals surface area contributed by atoms with Crippen LogP contribution < -0.4 is 21.1 Å². The van der Waals surface area contributed by atoms with Crippen molar-refractivity contribution in [1.82, 2.24) is 30.0 Å². The predicted molar refractivity (Wildman–Crippen MR) is 109 cm³/mol. The van der Waals surface area contributed by atoms with Crippen LogP contribution in [0.3, 0.4) is 0 Å². The number of rotatable bonds is 5. The molecule has 29 heavy (non-hydrogen) atoms. The summed E-state index contributed by atoms with van der Waals surface area (Å²) in [7, 11) is 1.77. The van der Waals surface area contributed by atoms with E-state index in [0.29, 0.717) is 17.8 Å². The van der Waals surface area contributed by atoms with Gasteiger partial charge in [0.05, 0.1) is 17.4 Å². The molecule has 0 radical (unpaired) electrons. The maximum Gasteiger partial charge on any atom is 0.255 e. The highest BCUT2D eigenvalue weighted by molar-refractivity contribution is 5.93. The molecule has 3 aromatic rings. The molecule has 1 saturated heterocycles. The lowest BCUT2D eigenvalue weighted by atomic mass is 10.2. The summed E-state index contributed by atoms with van der Waals surface area (Å²) in [5.74, 6) is 0.673. The van der Waals surface area contributed by atoms with Crippen molar-refractivity contribution in [2.75, 3.05) is 31.1 Å². The first-order valence-corrected chi connectivity index (χ1v) is 9.51. The van der Waals surface area contributed by atoms with Gasteiger partial charge in [0.15, 0.2) is 0 Å². The largest absolute Gasteiger partial charge is 0.354 e. The van der Waals surface area contributed by atoms with Crippen molar-refractivity contribution in [3.63, 3.8) is 0 Å². The fourth-order valence-corrected chi connectivity index (χ4v) is 3.28. The third-order valence-corrected chi connectivity index (χ3v) is 4.85. The summed E-state index contributed by atoms with van der Waals surface area (Å²) in [6.07, 6.45) is 6.60. The van der Waals surface area contributed by atoms with Crippen molar-refractivity contribution in [3.05, 3.63) is 70.5 Å². The van der Waals surface area contributed by atoms with Crippen LogP contribution in [0, 0.1) is 0 Å². The average molecular weight is 393 g/mol. The zero-order valence-electron chi connectivity index (χ0n) is 16.2. The Morgan fingerprint density at radius 1 is 1.21 bits per heavy atom. The molecule has 0 saturated carbocycles. The number of carbonyl (C=O) groups is 1. The maximum absolute atomic E-state index is 12.6. The minimum Gasteiger partial charge on any atom is -0.354 e. The second-order valence-electron chi connectivity index (χ2n) is 6.94. The molecule has 4 heterocycles. The van der Waals surface area contributed by atoms with E-state index in [-0.39, 0.29) is 11.5 Å². The topological polar surface area (TPSA) is 97.1 Å². The molecule has 9 heteroatoms. The van der Waals surface area contributed by atoms with E-state index < -0.39 is 0 Å². The van der Waals surface area contributed by atoms with Crippen LogP contribution in [-0.2, 0) is 13.6 Å². The quantitative estimate of drug-likeness (QED) is 0.647. The highest BCUT2D eigenvalue weighted by Crippen LogP contribution is 2.13. The fourth-order valence-electron chi connectivity index (χ4n) is 3.28. The van der Waals surface area contributed by atoms with Gasteiger partial charge >= 0.3 is 0 Å². The first-order chi connectivity index (χ1) is 14.1. The Kier molecular flexibility index (Phi) is 5.39. The fraction of sp³-hybridized carbons (Fsp3) is 0.300. The number of anilines is 1. The minimum absolute atomic E-state index is 0.218. The van der Waals surface area contributed by atoms with Crippen LogP contribution in [-0.4, -0.2) is 51.4 Å². The number of nitrogens with zero attached hydrogens (tertiary/aromatic N) is 5. The molecule has 0 unspecified atom stereocenters. The lowest BCUT2D eigenvalue weighted by Gasteiger charge is -2.28. The number of hydrogen-bond acceptors (Lipinski definition) is 6. The van der Waals surface area contributed by atoms with Crippen LogP contribution in [0.25, 0.3) is 5.69 Å². The molecule has 1 aliphatic rings. The summed E-state index contributed by atoms with van der Waals surface area (Å²) in [5.41, 5.74) is 1.78. The smallest absolute Gasteiger partial charge is 0.255 e. The molecule has 9 nitrogen and oxygen atoms in total. The number of aryl methyl sites for hydroxylation is 1. The second-order valence-corrected chi connectivity index (χ2v) is 6.94. The first-order valence-electron chi connectivity index (χ1n) is 9.51. The standard InChI is InChI=1S/C20H23N7O2/c1-25-14-17(12-24-25)27-13-16(2-3-19(27)28)20(29)23-11-15-4-5-22-18(10-15)26-8-6-21-7-9-26/h2-5,10,12-14,21H,6-9,11H2,1H3,(H,23,29). The van der Waals surface area contributed by atoms with Gasteiger partial charge in [-0.1, -0.05) is 0 Å². The van der Waals surface area contributed by atoms with Crippen molar-refractivity contribution >= 4 is 11.7 Å². The van der Waals surface area contributed by atoms with Crippen LogP contribution in [0.2, 0.25) is 0 Å². The van der Waals surface area contributed by atoms with E-state index >= 15 is 0 Å². The van der Waals surface area contributed by atoms with Crippen LogP contribution in [0.4, 0.5) is 5.82 Å². The Labute approximate surface area is 168 Å². The van der Waals surface area contributed by atoms with Gasteiger partial charge in [-0.25, -0.2) is 4.98 Å². The monoisotopic (exact) mass is 393 g/mol. The van der Waals surface area contributed by atoms with Crippen LogP contribution in [0.15, 0.2) is 53.8 Å². The van der Waals surface area contributed by atoms with Crippen molar-refractivity contribution in [2.45, 2.75) is 6.54 Å². The van der Waals surface area contributed by atoms with Gasteiger partial charge in [0, 0.05) is 64.4 Å². The highest BCUT2D eigenvalue weighted by atomic mass is 16.2. The predicted octanol–water partition coefficient (Wildman–Crippen LogP) is 0.306. The van der Waals surface area contributed by atoms with Gasteiger partial charge in [-0.05, 0) is 23.8 Å². The molecule has 0 aromatic carbocycles. The zero-order chi connectivity index (χ0) is 20.2. The minimum atomic E-state index is -0.247. The van der Waals surface area contributed by atoms with E-state index in [9.17, 15) is 9.59 Å². The summed E-state index contributed by atoms with van der Waals surface area (Å²) in [5, 5.41) is 10.3. The van der Waals surface area contributed by atoms with Crippen LogP contribution in [0.5, 0.6) is 0 Å². The average Bonchev–Trinajstić information content (AvgIpc) is 3.19. The van der Waals surface area contributed by atoms with Crippen LogP contribution >= 0.6 is 0 Å². The van der Waals surface area contributed by atoms with E-state index in [2.05, 4.69) is 25.6 Å². The number of aromatic nitrogens is 4. The third kappa shape index (κ3) is 4.35. The molecule has 0 aliphatic carbocycles. The van der Waals surface area contributed by atoms with Crippen molar-refractivity contribution in [1.29, 1.82) is 0 Å². The van der Waals surface area contributed by atoms with E-state index in [4.69, 9.17) is 0 Å². The lowest BCUT2D eigenvalue weighted by molar-refractivity contribution is 0.0950. The Hall–Kier alpha value is -3.46. The summed E-state index contributed by atoms with van der Waals surface area (Å²) >= 11 is 0.